The van der Waals surface area contributed by atoms with Crippen molar-refractivity contribution in [1.82, 2.24) is 4.98 Å². The minimum Gasteiger partial charge on any atom is -0.437 e. The summed E-state index contributed by atoms with van der Waals surface area (Å²) in [6.07, 6.45) is 2.70. The first kappa shape index (κ1) is 9.21. The largest absolute Gasteiger partial charge is 0.437 e. The molecular formula is C11H11NOS. The lowest BCUT2D eigenvalue weighted by Gasteiger charge is -1.98. The zero-order chi connectivity index (χ0) is 9.97. The van der Waals surface area contributed by atoms with E-state index in [1.807, 2.05) is 0 Å². The van der Waals surface area contributed by atoms with Crippen molar-refractivity contribution in [2.24, 2.45) is 0 Å². The monoisotopic (exact) mass is 205 g/mol. The van der Waals surface area contributed by atoms with Crippen molar-refractivity contribution in [3.05, 3.63) is 40.9 Å². The number of aryl methyl sites for hydroxylation is 1. The van der Waals surface area contributed by atoms with Crippen molar-refractivity contribution in [3.63, 3.8) is 0 Å². The third-order valence-corrected chi connectivity index (χ3v) is 2.39. The molecule has 0 amide bonds. The molecule has 0 saturated heterocycles. The maximum Gasteiger partial charge on any atom is 0.266 e. The molecule has 14 heavy (non-hydrogen) atoms. The van der Waals surface area contributed by atoms with Crippen molar-refractivity contribution >= 4 is 12.2 Å². The highest BCUT2D eigenvalue weighted by Gasteiger charge is 1.99. The van der Waals surface area contributed by atoms with Crippen LogP contribution < -0.4 is 0 Å². The fourth-order valence-corrected chi connectivity index (χ4v) is 1.50. The zero-order valence-electron chi connectivity index (χ0n) is 7.91. The van der Waals surface area contributed by atoms with Crippen LogP contribution in [0.25, 0.3) is 11.3 Å². The minimum absolute atomic E-state index is 0.416. The van der Waals surface area contributed by atoms with Crippen LogP contribution >= 0.6 is 12.2 Å². The Hall–Kier alpha value is -1.35. The summed E-state index contributed by atoms with van der Waals surface area (Å²) < 4.78 is 5.03. The Balaban J connectivity index is 2.38. The number of benzene rings is 1. The lowest BCUT2D eigenvalue weighted by molar-refractivity contribution is 0.541. The molecule has 0 spiro atoms. The maximum atomic E-state index is 5.03. The molecule has 1 N–H and O–H groups in total. The van der Waals surface area contributed by atoms with Gasteiger partial charge in [0.2, 0.25) is 0 Å². The van der Waals surface area contributed by atoms with E-state index >= 15 is 0 Å². The highest BCUT2D eigenvalue weighted by atomic mass is 32.1. The molecule has 3 heteroatoms. The summed E-state index contributed by atoms with van der Waals surface area (Å²) in [4.78, 5) is 3.39. The second kappa shape index (κ2) is 3.80. The molecular weight excluding hydrogens is 194 g/mol. The summed E-state index contributed by atoms with van der Waals surface area (Å²) >= 11 is 4.86. The average molecular weight is 205 g/mol. The van der Waals surface area contributed by atoms with Crippen LogP contribution in [0.5, 0.6) is 0 Å². The van der Waals surface area contributed by atoms with Crippen LogP contribution in [0.3, 0.4) is 0 Å². The first-order valence-electron chi connectivity index (χ1n) is 4.56. The lowest BCUT2D eigenvalue weighted by atomic mass is 10.1. The number of oxazole rings is 1. The van der Waals surface area contributed by atoms with E-state index in [0.29, 0.717) is 4.84 Å². The lowest BCUT2D eigenvalue weighted by Crippen LogP contribution is -1.81. The van der Waals surface area contributed by atoms with Crippen LogP contribution in [-0.2, 0) is 6.42 Å². The maximum absolute atomic E-state index is 5.03. The van der Waals surface area contributed by atoms with Crippen molar-refractivity contribution in [2.75, 3.05) is 0 Å². The van der Waals surface area contributed by atoms with Gasteiger partial charge in [-0.05, 0) is 24.2 Å². The fraction of sp³-hybridized carbons (Fsp3) is 0.182. The molecule has 0 bridgehead atoms. The van der Waals surface area contributed by atoms with E-state index < -0.39 is 0 Å². The summed E-state index contributed by atoms with van der Waals surface area (Å²) in [6.45, 7) is 2.14. The van der Waals surface area contributed by atoms with Crippen LogP contribution in [0, 0.1) is 4.84 Å². The van der Waals surface area contributed by atoms with Gasteiger partial charge < -0.3 is 9.40 Å². The number of hydrogen-bond donors (Lipinski definition) is 1. The molecule has 0 fully saturated rings. The van der Waals surface area contributed by atoms with Crippen LogP contribution in [0.4, 0.5) is 0 Å². The van der Waals surface area contributed by atoms with Gasteiger partial charge in [-0.1, -0.05) is 31.2 Å². The van der Waals surface area contributed by atoms with Gasteiger partial charge in [-0.2, -0.15) is 0 Å². The Morgan fingerprint density at radius 2 is 2.00 bits per heavy atom. The second-order valence-corrected chi connectivity index (χ2v) is 3.48. The Bertz CT molecular complexity index is 467. The van der Waals surface area contributed by atoms with Gasteiger partial charge in [0.1, 0.15) is 6.26 Å². The van der Waals surface area contributed by atoms with Crippen molar-refractivity contribution in [3.8, 4) is 11.3 Å². The number of hydrogen-bond acceptors (Lipinski definition) is 2. The molecule has 0 atom stereocenters. The Labute approximate surface area is 87.6 Å². The third kappa shape index (κ3) is 1.77. The van der Waals surface area contributed by atoms with Gasteiger partial charge in [0.15, 0.2) is 0 Å². The smallest absolute Gasteiger partial charge is 0.266 e. The SMILES string of the molecule is CCc1ccc(-c2coc(=S)[nH]2)cc1. The highest BCUT2D eigenvalue weighted by molar-refractivity contribution is 7.71. The number of rotatable bonds is 2. The Kier molecular flexibility index (Phi) is 2.50. The predicted molar refractivity (Wildman–Crippen MR) is 58.7 cm³/mol. The standard InChI is InChI=1S/C11H11NOS/c1-2-8-3-5-9(6-4-8)10-7-13-11(14)12-10/h3-7H,2H2,1H3,(H,12,14). The van der Waals surface area contributed by atoms with Gasteiger partial charge in [0, 0.05) is 5.56 Å². The molecule has 72 valence electrons. The molecule has 0 aliphatic carbocycles. The predicted octanol–water partition coefficient (Wildman–Crippen LogP) is 3.57. The average Bonchev–Trinajstić information content (AvgIpc) is 2.65. The van der Waals surface area contributed by atoms with Gasteiger partial charge in [0.25, 0.3) is 4.84 Å². The van der Waals surface area contributed by atoms with Crippen molar-refractivity contribution in [2.45, 2.75) is 13.3 Å². The van der Waals surface area contributed by atoms with Gasteiger partial charge in [0.05, 0.1) is 5.69 Å². The van der Waals surface area contributed by atoms with Gasteiger partial charge in [-0.15, -0.1) is 0 Å². The zero-order valence-corrected chi connectivity index (χ0v) is 8.73. The molecule has 0 unspecified atom stereocenters. The number of nitrogens with one attached hydrogen (secondary N) is 1. The Morgan fingerprint density at radius 1 is 1.29 bits per heavy atom. The normalized spacial score (nSPS) is 10.4. The van der Waals surface area contributed by atoms with E-state index in [1.165, 1.54) is 5.56 Å². The molecule has 1 heterocycles. The topological polar surface area (TPSA) is 28.9 Å². The first-order chi connectivity index (χ1) is 6.79. The van der Waals surface area contributed by atoms with E-state index in [9.17, 15) is 0 Å². The van der Waals surface area contributed by atoms with Crippen LogP contribution in [0.2, 0.25) is 0 Å². The van der Waals surface area contributed by atoms with E-state index in [4.69, 9.17) is 16.6 Å². The fourth-order valence-electron chi connectivity index (χ4n) is 1.34. The number of H-pyrrole nitrogens is 1. The quantitative estimate of drug-likeness (QED) is 0.759. The molecule has 2 nitrogen and oxygen atoms in total. The minimum atomic E-state index is 0.416. The summed E-state index contributed by atoms with van der Waals surface area (Å²) in [5.41, 5.74) is 3.36. The van der Waals surface area contributed by atoms with E-state index in [-0.39, 0.29) is 0 Å². The van der Waals surface area contributed by atoms with Gasteiger partial charge in [-0.25, -0.2) is 0 Å². The van der Waals surface area contributed by atoms with E-state index in [1.54, 1.807) is 6.26 Å². The third-order valence-electron chi connectivity index (χ3n) is 2.19. The summed E-state index contributed by atoms with van der Waals surface area (Å²) in [6, 6.07) is 8.35. The molecule has 2 rings (SSSR count). The molecule has 1 aromatic heterocycles. The molecule has 0 aliphatic rings. The molecule has 1 aromatic carbocycles. The highest BCUT2D eigenvalue weighted by Crippen LogP contribution is 2.18. The summed E-state index contributed by atoms with van der Waals surface area (Å²) in [7, 11) is 0. The van der Waals surface area contributed by atoms with Crippen molar-refractivity contribution < 1.29 is 4.42 Å². The van der Waals surface area contributed by atoms with E-state index in [2.05, 4.69) is 36.2 Å². The van der Waals surface area contributed by atoms with Gasteiger partial charge >= 0.3 is 0 Å². The first-order valence-corrected chi connectivity index (χ1v) is 4.97. The van der Waals surface area contributed by atoms with Crippen LogP contribution in [-0.4, -0.2) is 4.98 Å². The number of aromatic nitrogens is 1. The van der Waals surface area contributed by atoms with E-state index in [0.717, 1.165) is 17.7 Å². The van der Waals surface area contributed by atoms with Crippen LogP contribution in [0.1, 0.15) is 12.5 Å². The molecule has 0 radical (unpaired) electrons. The van der Waals surface area contributed by atoms with Crippen LogP contribution in [0.15, 0.2) is 34.9 Å². The molecule has 0 saturated carbocycles. The molecule has 2 aromatic rings. The summed E-state index contributed by atoms with van der Waals surface area (Å²) in [5.74, 6) is 0. The second-order valence-electron chi connectivity index (χ2n) is 3.11. The number of aromatic amines is 1. The summed E-state index contributed by atoms with van der Waals surface area (Å²) in [5, 5.41) is 0. The van der Waals surface area contributed by atoms with Crippen molar-refractivity contribution in [1.29, 1.82) is 0 Å². The molecule has 0 aliphatic heterocycles. The Morgan fingerprint density at radius 3 is 2.50 bits per heavy atom. The van der Waals surface area contributed by atoms with Gasteiger partial charge in [-0.3, -0.25) is 0 Å².